The van der Waals surface area contributed by atoms with Crippen LogP contribution >= 0.6 is 0 Å². The molecule has 0 aromatic heterocycles. The van der Waals surface area contributed by atoms with E-state index < -0.39 is 0 Å². The number of para-hydroxylation sites is 1. The fourth-order valence-corrected chi connectivity index (χ4v) is 4.44. The van der Waals surface area contributed by atoms with Crippen LogP contribution in [0.5, 0.6) is 5.75 Å². The Labute approximate surface area is 179 Å². The predicted octanol–water partition coefficient (Wildman–Crippen LogP) is 4.07. The normalized spacial score (nSPS) is 19.6. The highest BCUT2D eigenvalue weighted by atomic mass is 16.5. The van der Waals surface area contributed by atoms with Crippen LogP contribution in [0, 0.1) is 19.8 Å². The van der Waals surface area contributed by atoms with E-state index in [1.54, 1.807) is 0 Å². The van der Waals surface area contributed by atoms with E-state index in [4.69, 9.17) is 9.47 Å². The third kappa shape index (κ3) is 4.78. The van der Waals surface area contributed by atoms with Crippen molar-refractivity contribution in [3.05, 3.63) is 59.2 Å². The summed E-state index contributed by atoms with van der Waals surface area (Å²) < 4.78 is 11.5. The van der Waals surface area contributed by atoms with Gasteiger partial charge in [0.05, 0.1) is 19.8 Å². The van der Waals surface area contributed by atoms with Crippen molar-refractivity contribution in [2.45, 2.75) is 26.7 Å². The maximum Gasteiger partial charge on any atom is 0.253 e. The molecule has 160 valence electrons. The van der Waals surface area contributed by atoms with Gasteiger partial charge in [-0.15, -0.1) is 0 Å². The summed E-state index contributed by atoms with van der Waals surface area (Å²) in [6, 6.07) is 14.2. The van der Waals surface area contributed by atoms with E-state index in [0.717, 1.165) is 74.7 Å². The number of ether oxygens (including phenoxy) is 2. The van der Waals surface area contributed by atoms with Gasteiger partial charge >= 0.3 is 0 Å². The highest BCUT2D eigenvalue weighted by Gasteiger charge is 2.25. The minimum atomic E-state index is 0.132. The third-order valence-electron chi connectivity index (χ3n) is 6.17. The maximum absolute atomic E-state index is 13.2. The molecule has 2 saturated heterocycles. The second-order valence-electron chi connectivity index (χ2n) is 8.44. The van der Waals surface area contributed by atoms with E-state index in [1.807, 2.05) is 35.2 Å². The largest absolute Gasteiger partial charge is 0.493 e. The number of carbonyl (C=O) groups excluding carboxylic acids is 1. The van der Waals surface area contributed by atoms with Gasteiger partial charge in [-0.2, -0.15) is 0 Å². The van der Waals surface area contributed by atoms with Crippen LogP contribution in [0.3, 0.4) is 0 Å². The molecule has 4 rings (SSSR count). The SMILES string of the molecule is Cc1ccccc1OCC1CCCN(C(=O)c2ccc(N3CCOCC3)c(C)c2)C1. The van der Waals surface area contributed by atoms with Crippen molar-refractivity contribution < 1.29 is 14.3 Å². The summed E-state index contributed by atoms with van der Waals surface area (Å²) in [6.45, 7) is 9.74. The molecule has 0 spiro atoms. The number of carbonyl (C=O) groups is 1. The average molecular weight is 409 g/mol. The van der Waals surface area contributed by atoms with Crippen molar-refractivity contribution in [3.63, 3.8) is 0 Å². The Hall–Kier alpha value is -2.53. The number of anilines is 1. The summed E-state index contributed by atoms with van der Waals surface area (Å²) in [7, 11) is 0. The van der Waals surface area contributed by atoms with Crippen molar-refractivity contribution >= 4 is 11.6 Å². The van der Waals surface area contributed by atoms with Crippen LogP contribution in [0.15, 0.2) is 42.5 Å². The lowest BCUT2D eigenvalue weighted by Gasteiger charge is -2.33. The Morgan fingerprint density at radius 3 is 2.63 bits per heavy atom. The molecule has 0 saturated carbocycles. The molecule has 2 aromatic rings. The van der Waals surface area contributed by atoms with Crippen molar-refractivity contribution in [1.82, 2.24) is 4.90 Å². The molecule has 1 amide bonds. The predicted molar refractivity (Wildman–Crippen MR) is 120 cm³/mol. The van der Waals surface area contributed by atoms with Crippen molar-refractivity contribution in [2.75, 3.05) is 50.9 Å². The zero-order chi connectivity index (χ0) is 20.9. The van der Waals surface area contributed by atoms with E-state index in [9.17, 15) is 4.79 Å². The molecule has 1 unspecified atom stereocenters. The zero-order valence-corrected chi connectivity index (χ0v) is 18.1. The van der Waals surface area contributed by atoms with Crippen molar-refractivity contribution in [3.8, 4) is 5.75 Å². The Balaban J connectivity index is 1.38. The second-order valence-corrected chi connectivity index (χ2v) is 8.44. The van der Waals surface area contributed by atoms with Gasteiger partial charge in [0, 0.05) is 43.3 Å². The van der Waals surface area contributed by atoms with Crippen LogP contribution < -0.4 is 9.64 Å². The molecule has 5 nitrogen and oxygen atoms in total. The summed E-state index contributed by atoms with van der Waals surface area (Å²) in [5.74, 6) is 1.44. The lowest BCUT2D eigenvalue weighted by Crippen LogP contribution is -2.41. The molecule has 2 aliphatic rings. The summed E-state index contributed by atoms with van der Waals surface area (Å²) >= 11 is 0. The molecule has 1 atom stereocenters. The van der Waals surface area contributed by atoms with Gasteiger partial charge in [-0.3, -0.25) is 4.79 Å². The number of likely N-dealkylation sites (tertiary alicyclic amines) is 1. The highest BCUT2D eigenvalue weighted by molar-refractivity contribution is 5.95. The number of aryl methyl sites for hydroxylation is 2. The molecule has 2 aromatic carbocycles. The topological polar surface area (TPSA) is 42.0 Å². The second kappa shape index (κ2) is 9.52. The minimum Gasteiger partial charge on any atom is -0.493 e. The van der Waals surface area contributed by atoms with Gasteiger partial charge in [0.1, 0.15) is 5.75 Å². The first-order valence-corrected chi connectivity index (χ1v) is 11.0. The highest BCUT2D eigenvalue weighted by Crippen LogP contribution is 2.25. The van der Waals surface area contributed by atoms with Gasteiger partial charge in [0.25, 0.3) is 5.91 Å². The molecular weight excluding hydrogens is 376 g/mol. The van der Waals surface area contributed by atoms with Crippen molar-refractivity contribution in [1.29, 1.82) is 0 Å². The Morgan fingerprint density at radius 2 is 1.87 bits per heavy atom. The number of benzene rings is 2. The molecular formula is C25H32N2O3. The van der Waals surface area contributed by atoms with Gasteiger partial charge in [-0.05, 0) is 62.1 Å². The van der Waals surface area contributed by atoms with E-state index in [1.165, 1.54) is 5.69 Å². The number of piperidine rings is 1. The van der Waals surface area contributed by atoms with E-state index in [2.05, 4.69) is 30.9 Å². The van der Waals surface area contributed by atoms with Crippen molar-refractivity contribution in [2.24, 2.45) is 5.92 Å². The van der Waals surface area contributed by atoms with Crippen LogP contribution in [0.25, 0.3) is 0 Å². The maximum atomic E-state index is 13.2. The van der Waals surface area contributed by atoms with Gasteiger partial charge in [0.2, 0.25) is 0 Å². The van der Waals surface area contributed by atoms with Crippen LogP contribution in [-0.4, -0.2) is 56.8 Å². The van der Waals surface area contributed by atoms with Gasteiger partial charge in [-0.25, -0.2) is 0 Å². The fourth-order valence-electron chi connectivity index (χ4n) is 4.44. The molecule has 2 fully saturated rings. The zero-order valence-electron chi connectivity index (χ0n) is 18.1. The quantitative estimate of drug-likeness (QED) is 0.748. The molecule has 0 aliphatic carbocycles. The number of hydrogen-bond acceptors (Lipinski definition) is 4. The van der Waals surface area contributed by atoms with E-state index in [0.29, 0.717) is 12.5 Å². The van der Waals surface area contributed by atoms with Gasteiger partial charge in [0.15, 0.2) is 0 Å². The Morgan fingerprint density at radius 1 is 1.07 bits per heavy atom. The first-order valence-electron chi connectivity index (χ1n) is 11.0. The van der Waals surface area contributed by atoms with E-state index >= 15 is 0 Å². The number of amides is 1. The average Bonchev–Trinajstić information content (AvgIpc) is 2.79. The lowest BCUT2D eigenvalue weighted by atomic mass is 9.97. The monoisotopic (exact) mass is 408 g/mol. The van der Waals surface area contributed by atoms with Crippen LogP contribution in [-0.2, 0) is 4.74 Å². The summed E-state index contributed by atoms with van der Waals surface area (Å²) in [4.78, 5) is 17.5. The number of nitrogens with zero attached hydrogens (tertiary/aromatic N) is 2. The first kappa shape index (κ1) is 20.7. The summed E-state index contributed by atoms with van der Waals surface area (Å²) in [5.41, 5.74) is 4.29. The summed E-state index contributed by atoms with van der Waals surface area (Å²) in [6.07, 6.45) is 2.13. The smallest absolute Gasteiger partial charge is 0.253 e. The fraction of sp³-hybridized carbons (Fsp3) is 0.480. The first-order chi connectivity index (χ1) is 14.6. The molecule has 0 N–H and O–H groups in total. The minimum absolute atomic E-state index is 0.132. The van der Waals surface area contributed by atoms with E-state index in [-0.39, 0.29) is 5.91 Å². The Bertz CT molecular complexity index is 876. The lowest BCUT2D eigenvalue weighted by molar-refractivity contribution is 0.0633. The summed E-state index contributed by atoms with van der Waals surface area (Å²) in [5, 5.41) is 0. The van der Waals surface area contributed by atoms with Gasteiger partial charge in [-0.1, -0.05) is 18.2 Å². The molecule has 2 aliphatic heterocycles. The molecule has 5 heteroatoms. The molecule has 2 heterocycles. The Kier molecular flexibility index (Phi) is 6.58. The van der Waals surface area contributed by atoms with Crippen LogP contribution in [0.1, 0.15) is 34.3 Å². The van der Waals surface area contributed by atoms with Gasteiger partial charge < -0.3 is 19.3 Å². The van der Waals surface area contributed by atoms with Crippen LogP contribution in [0.4, 0.5) is 5.69 Å². The standard InChI is InChI=1S/C25H32N2O3/c1-19-6-3-4-8-24(19)30-18-21-7-5-11-27(17-21)25(28)22-9-10-23(20(2)16-22)26-12-14-29-15-13-26/h3-4,6,8-10,16,21H,5,7,11-15,17-18H2,1-2H3. The number of rotatable bonds is 5. The third-order valence-corrected chi connectivity index (χ3v) is 6.17. The molecule has 0 radical (unpaired) electrons. The molecule has 0 bridgehead atoms. The van der Waals surface area contributed by atoms with Crippen LogP contribution in [0.2, 0.25) is 0 Å². The molecule has 30 heavy (non-hydrogen) atoms. The number of morpholine rings is 1. The number of hydrogen-bond donors (Lipinski definition) is 0.